The van der Waals surface area contributed by atoms with Crippen LogP contribution in [0, 0.1) is 98.6 Å². The van der Waals surface area contributed by atoms with Crippen LogP contribution in [0.5, 0.6) is 0 Å². The highest BCUT2D eigenvalue weighted by molar-refractivity contribution is 5.80. The number of nitrogens with one attached hydrogen (secondary N) is 6. The van der Waals surface area contributed by atoms with Gasteiger partial charge in [0.15, 0.2) is 0 Å². The number of hydrogen-bond acceptors (Lipinski definition) is 17. The Hall–Kier alpha value is -3.62. The first-order valence-corrected chi connectivity index (χ1v) is 40.9. The summed E-state index contributed by atoms with van der Waals surface area (Å²) in [7, 11) is 0. The van der Waals surface area contributed by atoms with Crippen LogP contribution in [0.3, 0.4) is 0 Å². The van der Waals surface area contributed by atoms with Crippen molar-refractivity contribution in [2.45, 2.75) is 277 Å². The second-order valence-electron chi connectivity index (χ2n) is 34.6. The van der Waals surface area contributed by atoms with Crippen LogP contribution in [0.2, 0.25) is 0 Å². The largest absolute Gasteiger partial charge is 0.396 e. The number of aliphatic hydroxyl groups excluding tert-OH is 7. The molecule has 13 N–H and O–H groups in total. The number of aliphatic hydroxyl groups is 7. The Morgan fingerprint density at radius 3 is 1.34 bits per heavy atom. The molecule has 23 nitrogen and oxygen atoms in total. The number of carbonyl (C=O) groups is 6. The lowest BCUT2D eigenvalue weighted by Crippen LogP contribution is -2.62. The van der Waals surface area contributed by atoms with Crippen molar-refractivity contribution in [3.05, 3.63) is 0 Å². The molecule has 0 heterocycles. The van der Waals surface area contributed by atoms with Crippen molar-refractivity contribution in [1.29, 1.82) is 0 Å². The molecule has 0 spiro atoms. The molecular weight excluding hydrogens is 1320 g/mol. The number of hydrogen-bond donors (Lipinski definition) is 13. The maximum atomic E-state index is 13.2. The van der Waals surface area contributed by atoms with Crippen LogP contribution >= 0.6 is 0 Å². The molecule has 23 heteroatoms. The third kappa shape index (κ3) is 22.3. The van der Waals surface area contributed by atoms with E-state index in [9.17, 15) is 64.5 Å². The van der Waals surface area contributed by atoms with E-state index in [0.717, 1.165) is 109 Å². The fourth-order valence-corrected chi connectivity index (χ4v) is 22.5. The van der Waals surface area contributed by atoms with Gasteiger partial charge in [-0.05, 0) is 246 Å². The van der Waals surface area contributed by atoms with Gasteiger partial charge in [-0.3, -0.25) is 28.8 Å². The molecule has 8 aliphatic carbocycles. The average Bonchev–Trinajstić information content (AvgIpc) is 1.68. The molecule has 8 aliphatic rings. The Balaban J connectivity index is 0.626. The molecular formula is C80H140N6O17. The second kappa shape index (κ2) is 40.7. The molecule has 0 aromatic rings. The summed E-state index contributed by atoms with van der Waals surface area (Å²) in [4.78, 5) is 77.4. The summed E-state index contributed by atoms with van der Waals surface area (Å²) < 4.78 is 22.4. The molecule has 8 fully saturated rings. The predicted octanol–water partition coefficient (Wildman–Crippen LogP) is 6.79. The van der Waals surface area contributed by atoms with E-state index >= 15 is 0 Å². The Labute approximate surface area is 616 Å². The SMILES string of the molecule is CCCC(CO)CCCCNC(=O)C[C@H](CCCCNC(=O)COCCOCCNC(=O)CCC(C)[C@H]1CCC2C3C(C[C@H](O)[C@@]21C)[C@@]1(C)CC[C@@H](O)CC1C[C@H]3O)NC(=O)CCCNC(=O)COCCOCCNC(=O)CCC(C)[C@H]1CCC2C3C(C[C@H](O)[C@@]21C)[C@@]1(C)CC[C@@H](O)CC1C[C@H]3O. The summed E-state index contributed by atoms with van der Waals surface area (Å²) in [6, 6.07) is -0.441. The minimum absolute atomic E-state index is 0.0269. The molecule has 11 unspecified atom stereocenters. The van der Waals surface area contributed by atoms with Crippen molar-refractivity contribution >= 4 is 35.4 Å². The number of unbranched alkanes of at least 4 members (excludes halogenated alkanes) is 2. The highest BCUT2D eigenvalue weighted by Gasteiger charge is 2.68. The fourth-order valence-electron chi connectivity index (χ4n) is 22.5. The van der Waals surface area contributed by atoms with E-state index in [0.29, 0.717) is 97.0 Å². The molecule has 0 aliphatic heterocycles. The summed E-state index contributed by atoms with van der Waals surface area (Å²) in [6.45, 7) is 18.8. The average molecular weight is 1460 g/mol. The normalized spacial score (nSPS) is 35.5. The highest BCUT2D eigenvalue weighted by atomic mass is 16.5. The van der Waals surface area contributed by atoms with Crippen LogP contribution in [-0.2, 0) is 47.7 Å². The molecule has 0 aromatic heterocycles. The summed E-state index contributed by atoms with van der Waals surface area (Å²) in [5.74, 6) is 1.95. The monoisotopic (exact) mass is 1460 g/mol. The first kappa shape index (κ1) is 85.0. The molecule has 0 bridgehead atoms. The maximum absolute atomic E-state index is 13.2. The van der Waals surface area contributed by atoms with Gasteiger partial charge in [-0.15, -0.1) is 0 Å². The minimum atomic E-state index is -0.466. The Morgan fingerprint density at radius 1 is 0.437 bits per heavy atom. The van der Waals surface area contributed by atoms with E-state index < -0.39 is 30.5 Å². The molecule has 6 amide bonds. The first-order valence-electron chi connectivity index (χ1n) is 40.9. The topological polar surface area (TPSA) is 353 Å². The number of fused-ring (bicyclic) bond motifs is 10. The summed E-state index contributed by atoms with van der Waals surface area (Å²) in [5.41, 5.74) is -0.573. The van der Waals surface area contributed by atoms with E-state index in [4.69, 9.17) is 18.9 Å². The number of carbonyl (C=O) groups excluding carboxylic acids is 6. The van der Waals surface area contributed by atoms with Crippen LogP contribution in [0.15, 0.2) is 0 Å². The van der Waals surface area contributed by atoms with Crippen molar-refractivity contribution in [1.82, 2.24) is 31.9 Å². The quantitative estimate of drug-likeness (QED) is 0.0279. The smallest absolute Gasteiger partial charge is 0.245 e. The van der Waals surface area contributed by atoms with E-state index in [1.807, 2.05) is 0 Å². The van der Waals surface area contributed by atoms with Gasteiger partial charge in [-0.2, -0.15) is 0 Å². The Kier molecular flexibility index (Phi) is 33.6. The molecule has 0 saturated heterocycles. The van der Waals surface area contributed by atoms with Gasteiger partial charge in [0.2, 0.25) is 35.4 Å². The lowest BCUT2D eigenvalue weighted by atomic mass is 9.43. The van der Waals surface area contributed by atoms with Crippen molar-refractivity contribution in [3.8, 4) is 0 Å². The lowest BCUT2D eigenvalue weighted by molar-refractivity contribution is -0.207. The molecule has 103 heavy (non-hydrogen) atoms. The standard InChI is InChI=1S/C80H140N6O17/c1-8-14-53(48-87)15-9-11-30-81-72(97)45-56(16-10-12-31-82-73(98)49-102-39-37-100-35-33-84-69(94)24-18-51(2)59-20-22-61-75-63(46-67(92)79(59,61)6)77(4)28-26-57(88)41-54(77)43-65(75)90)86-71(96)17-13-32-83-74(99)50-103-40-38-101-36-34-85-70(95)25-19-52(3)60-21-23-62-76-64(47-68(93)80(60,62)7)78(5)29-27-58(89)42-55(78)44-66(76)91/h51-68,75-76,87-93H,8-50H2,1-7H3,(H,81,97)(H,82,98)(H,83,99)(H,84,94)(H,85,95)(H,86,96)/t51?,52?,53?,54?,55?,56-,57+,58+,59+,60+,61?,62?,63?,64?,65+,66+,67-,68-,75?,76?,77-,78-,79+,80+/m0/s1. The minimum Gasteiger partial charge on any atom is -0.396 e. The zero-order chi connectivity index (χ0) is 74.5. The molecule has 0 aromatic carbocycles. The van der Waals surface area contributed by atoms with Gasteiger partial charge >= 0.3 is 0 Å². The third-order valence-electron chi connectivity index (χ3n) is 28.4. The fraction of sp³-hybridized carbons (Fsp3) is 0.925. The van der Waals surface area contributed by atoms with E-state index in [1.165, 1.54) is 0 Å². The first-order chi connectivity index (χ1) is 49.3. The van der Waals surface area contributed by atoms with Gasteiger partial charge in [0.1, 0.15) is 13.2 Å². The summed E-state index contributed by atoms with van der Waals surface area (Å²) in [6.07, 6.45) is 18.4. The second-order valence-corrected chi connectivity index (χ2v) is 34.6. The van der Waals surface area contributed by atoms with Crippen molar-refractivity contribution in [2.24, 2.45) is 98.6 Å². The van der Waals surface area contributed by atoms with Gasteiger partial charge in [0, 0.05) is 71.1 Å². The lowest BCUT2D eigenvalue weighted by Gasteiger charge is -2.63. The van der Waals surface area contributed by atoms with E-state index in [-0.39, 0.29) is 218 Å². The Morgan fingerprint density at radius 2 is 0.874 bits per heavy atom. The highest BCUT2D eigenvalue weighted by Crippen LogP contribution is 2.70. The van der Waals surface area contributed by atoms with Crippen LogP contribution in [0.4, 0.5) is 0 Å². The van der Waals surface area contributed by atoms with E-state index in [1.54, 1.807) is 0 Å². The van der Waals surface area contributed by atoms with Crippen LogP contribution < -0.4 is 31.9 Å². The van der Waals surface area contributed by atoms with E-state index in [2.05, 4.69) is 80.4 Å². The molecule has 592 valence electrons. The van der Waals surface area contributed by atoms with Gasteiger partial charge < -0.3 is 86.6 Å². The predicted molar refractivity (Wildman–Crippen MR) is 392 cm³/mol. The number of ether oxygens (including phenoxy) is 4. The summed E-state index contributed by atoms with van der Waals surface area (Å²) >= 11 is 0. The molecule has 8 saturated carbocycles. The molecule has 0 radical (unpaired) electrons. The maximum Gasteiger partial charge on any atom is 0.245 e. The number of rotatable bonds is 44. The van der Waals surface area contributed by atoms with Gasteiger partial charge in [0.25, 0.3) is 0 Å². The molecule has 24 atom stereocenters. The zero-order valence-electron chi connectivity index (χ0n) is 64.2. The third-order valence-corrected chi connectivity index (χ3v) is 28.4. The molecule has 8 rings (SSSR count). The summed E-state index contributed by atoms with van der Waals surface area (Å²) in [5, 5.41) is 95.3. The van der Waals surface area contributed by atoms with Gasteiger partial charge in [-0.25, -0.2) is 0 Å². The van der Waals surface area contributed by atoms with Crippen molar-refractivity contribution in [2.75, 3.05) is 92.2 Å². The van der Waals surface area contributed by atoms with Gasteiger partial charge in [0.05, 0.1) is 76.3 Å². The van der Waals surface area contributed by atoms with Crippen LogP contribution in [0.1, 0.15) is 235 Å². The van der Waals surface area contributed by atoms with Crippen molar-refractivity contribution in [3.63, 3.8) is 0 Å². The number of amides is 6. The Bertz CT molecular complexity index is 2650. The van der Waals surface area contributed by atoms with Crippen LogP contribution in [-0.4, -0.2) is 206 Å². The van der Waals surface area contributed by atoms with Crippen LogP contribution in [0.25, 0.3) is 0 Å². The van der Waals surface area contributed by atoms with Gasteiger partial charge in [-0.1, -0.05) is 61.3 Å². The zero-order valence-corrected chi connectivity index (χ0v) is 64.2. The van der Waals surface area contributed by atoms with Crippen molar-refractivity contribution < 1.29 is 83.5 Å².